The largest absolute Gasteiger partial charge is 0.356 e. The Hall–Kier alpha value is -1.31. The summed E-state index contributed by atoms with van der Waals surface area (Å²) in [5, 5.41) is 3.22. The van der Waals surface area contributed by atoms with Crippen molar-refractivity contribution in [3.63, 3.8) is 0 Å². The second-order valence-corrected chi connectivity index (χ2v) is 8.14. The molecular formula is C20H27NO. The normalized spacial score (nSPS) is 39.0. The van der Waals surface area contributed by atoms with Crippen molar-refractivity contribution >= 4 is 5.91 Å². The van der Waals surface area contributed by atoms with Gasteiger partial charge in [0.05, 0.1) is 5.41 Å². The first-order chi connectivity index (χ1) is 10.7. The minimum atomic E-state index is -0.0743. The van der Waals surface area contributed by atoms with Crippen LogP contribution in [0.1, 0.15) is 57.4 Å². The van der Waals surface area contributed by atoms with Crippen LogP contribution in [0.5, 0.6) is 0 Å². The molecule has 0 aliphatic heterocycles. The zero-order valence-corrected chi connectivity index (χ0v) is 13.6. The molecule has 22 heavy (non-hydrogen) atoms. The van der Waals surface area contributed by atoms with Gasteiger partial charge in [-0.1, -0.05) is 37.3 Å². The van der Waals surface area contributed by atoms with Gasteiger partial charge < -0.3 is 5.32 Å². The van der Waals surface area contributed by atoms with Crippen LogP contribution in [-0.2, 0) is 10.2 Å². The van der Waals surface area contributed by atoms with E-state index >= 15 is 0 Å². The van der Waals surface area contributed by atoms with E-state index in [-0.39, 0.29) is 10.8 Å². The molecule has 4 aliphatic carbocycles. The third kappa shape index (κ3) is 2.11. The average Bonchev–Trinajstić information content (AvgIpc) is 2.52. The number of hydrogen-bond donors (Lipinski definition) is 1. The monoisotopic (exact) mass is 297 g/mol. The summed E-state index contributed by atoms with van der Waals surface area (Å²) in [5.74, 6) is 1.87. The molecule has 1 aromatic carbocycles. The van der Waals surface area contributed by atoms with Gasteiger partial charge in [-0.3, -0.25) is 4.79 Å². The molecule has 1 N–H and O–H groups in total. The lowest BCUT2D eigenvalue weighted by Crippen LogP contribution is -2.59. The Bertz CT molecular complexity index is 550. The van der Waals surface area contributed by atoms with Gasteiger partial charge in [0.25, 0.3) is 0 Å². The maximum Gasteiger partial charge on any atom is 0.226 e. The highest BCUT2D eigenvalue weighted by Gasteiger charge is 2.60. The molecule has 4 saturated carbocycles. The molecule has 0 spiro atoms. The summed E-state index contributed by atoms with van der Waals surface area (Å²) in [7, 11) is 0. The fourth-order valence-corrected chi connectivity index (χ4v) is 6.08. The van der Waals surface area contributed by atoms with E-state index in [1.807, 2.05) is 0 Å². The van der Waals surface area contributed by atoms with E-state index in [9.17, 15) is 4.79 Å². The molecule has 4 atom stereocenters. The molecule has 5 rings (SSSR count). The van der Waals surface area contributed by atoms with Crippen LogP contribution >= 0.6 is 0 Å². The highest BCUT2D eigenvalue weighted by Crippen LogP contribution is 2.65. The predicted octanol–water partition coefficient (Wildman–Crippen LogP) is 4.05. The van der Waals surface area contributed by atoms with E-state index in [1.165, 1.54) is 24.8 Å². The first-order valence-corrected chi connectivity index (χ1v) is 9.00. The Morgan fingerprint density at radius 1 is 1.14 bits per heavy atom. The van der Waals surface area contributed by atoms with E-state index in [1.54, 1.807) is 0 Å². The Morgan fingerprint density at radius 2 is 1.82 bits per heavy atom. The number of benzene rings is 1. The number of hydrogen-bond acceptors (Lipinski definition) is 1. The van der Waals surface area contributed by atoms with Crippen LogP contribution in [-0.4, -0.2) is 12.5 Å². The lowest BCUT2D eigenvalue weighted by Gasteiger charge is -2.61. The molecular weight excluding hydrogens is 270 g/mol. The van der Waals surface area contributed by atoms with Gasteiger partial charge in [-0.15, -0.1) is 0 Å². The van der Waals surface area contributed by atoms with Crippen LogP contribution in [0.2, 0.25) is 0 Å². The Labute approximate surface area is 133 Å². The molecule has 2 heteroatoms. The zero-order chi connectivity index (χ0) is 15.2. The summed E-state index contributed by atoms with van der Waals surface area (Å²) in [6.45, 7) is 2.96. The number of carbonyl (C=O) groups excluding carboxylic acids is 1. The van der Waals surface area contributed by atoms with E-state index in [0.29, 0.717) is 5.91 Å². The highest BCUT2D eigenvalue weighted by molar-refractivity contribution is 5.83. The maximum absolute atomic E-state index is 12.9. The maximum atomic E-state index is 12.9. The van der Waals surface area contributed by atoms with Gasteiger partial charge in [0.15, 0.2) is 0 Å². The number of carbonyl (C=O) groups is 1. The molecule has 0 saturated heterocycles. The second-order valence-electron chi connectivity index (χ2n) is 8.14. The first-order valence-electron chi connectivity index (χ1n) is 9.00. The predicted molar refractivity (Wildman–Crippen MR) is 88.5 cm³/mol. The lowest BCUT2D eigenvalue weighted by molar-refractivity contribution is -0.149. The zero-order valence-electron chi connectivity index (χ0n) is 13.6. The third-order valence-corrected chi connectivity index (χ3v) is 6.46. The van der Waals surface area contributed by atoms with Crippen LogP contribution in [0.4, 0.5) is 0 Å². The third-order valence-electron chi connectivity index (χ3n) is 6.46. The minimum Gasteiger partial charge on any atom is -0.356 e. The van der Waals surface area contributed by atoms with Crippen molar-refractivity contribution in [2.45, 2.75) is 57.3 Å². The Kier molecular flexibility index (Phi) is 3.32. The van der Waals surface area contributed by atoms with Gasteiger partial charge in [0.2, 0.25) is 5.91 Å². The molecule has 4 fully saturated rings. The van der Waals surface area contributed by atoms with E-state index in [0.717, 1.165) is 44.1 Å². The topological polar surface area (TPSA) is 29.1 Å². The quantitative estimate of drug-likeness (QED) is 0.892. The van der Waals surface area contributed by atoms with Crippen LogP contribution < -0.4 is 5.32 Å². The van der Waals surface area contributed by atoms with Gasteiger partial charge in [-0.2, -0.15) is 0 Å². The fraction of sp³-hybridized carbons (Fsp3) is 0.650. The van der Waals surface area contributed by atoms with Crippen LogP contribution in [0.15, 0.2) is 30.3 Å². The highest BCUT2D eigenvalue weighted by atomic mass is 16.2. The van der Waals surface area contributed by atoms with Gasteiger partial charge in [0.1, 0.15) is 0 Å². The number of amides is 1. The molecule has 1 aromatic rings. The molecule has 4 aliphatic rings. The molecule has 2 nitrogen and oxygen atoms in total. The van der Waals surface area contributed by atoms with E-state index < -0.39 is 0 Å². The lowest BCUT2D eigenvalue weighted by atomic mass is 9.42. The fourth-order valence-electron chi connectivity index (χ4n) is 6.08. The summed E-state index contributed by atoms with van der Waals surface area (Å²) in [6.07, 6.45) is 8.33. The van der Waals surface area contributed by atoms with E-state index in [2.05, 4.69) is 42.6 Å². The van der Waals surface area contributed by atoms with Gasteiger partial charge in [0, 0.05) is 6.54 Å². The SMILES string of the molecule is CCCNC(=O)C12C[C@H]3C[C@@H](C1)CC(c1ccccc1)(C3)C2. The summed E-state index contributed by atoms with van der Waals surface area (Å²) in [5.41, 5.74) is 1.68. The van der Waals surface area contributed by atoms with Crippen molar-refractivity contribution in [2.75, 3.05) is 6.54 Å². The molecule has 0 heterocycles. The summed E-state index contributed by atoms with van der Waals surface area (Å²) < 4.78 is 0. The van der Waals surface area contributed by atoms with Crippen molar-refractivity contribution in [2.24, 2.45) is 17.3 Å². The standard InChI is InChI=1S/C20H27NO/c1-2-8-21-18(22)20-12-15-9-16(13-20)11-19(10-15,14-20)17-6-4-3-5-7-17/h3-7,15-16H,2,8-14H2,1H3,(H,21,22)/t15-,16+,19?,20?. The van der Waals surface area contributed by atoms with Crippen molar-refractivity contribution in [3.05, 3.63) is 35.9 Å². The summed E-state index contributed by atoms with van der Waals surface area (Å²) in [6, 6.07) is 11.0. The van der Waals surface area contributed by atoms with Gasteiger partial charge in [-0.05, 0) is 67.8 Å². The molecule has 2 unspecified atom stereocenters. The van der Waals surface area contributed by atoms with Crippen LogP contribution in [0.25, 0.3) is 0 Å². The summed E-state index contributed by atoms with van der Waals surface area (Å²) in [4.78, 5) is 12.9. The van der Waals surface area contributed by atoms with Crippen molar-refractivity contribution in [1.82, 2.24) is 5.32 Å². The Balaban J connectivity index is 1.68. The molecule has 0 aromatic heterocycles. The molecule has 1 amide bonds. The van der Waals surface area contributed by atoms with Gasteiger partial charge in [-0.25, -0.2) is 0 Å². The number of rotatable bonds is 4. The molecule has 4 bridgehead atoms. The minimum absolute atomic E-state index is 0.0743. The second kappa shape index (κ2) is 5.11. The van der Waals surface area contributed by atoms with E-state index in [4.69, 9.17) is 0 Å². The first kappa shape index (κ1) is 14.3. The smallest absolute Gasteiger partial charge is 0.226 e. The van der Waals surface area contributed by atoms with Crippen LogP contribution in [0, 0.1) is 17.3 Å². The van der Waals surface area contributed by atoms with Gasteiger partial charge >= 0.3 is 0 Å². The number of nitrogens with one attached hydrogen (secondary N) is 1. The Morgan fingerprint density at radius 3 is 2.45 bits per heavy atom. The molecule has 0 radical (unpaired) electrons. The average molecular weight is 297 g/mol. The van der Waals surface area contributed by atoms with Crippen molar-refractivity contribution in [3.8, 4) is 0 Å². The van der Waals surface area contributed by atoms with Crippen molar-refractivity contribution < 1.29 is 4.79 Å². The molecule has 118 valence electrons. The van der Waals surface area contributed by atoms with Crippen molar-refractivity contribution in [1.29, 1.82) is 0 Å². The van der Waals surface area contributed by atoms with Crippen LogP contribution in [0.3, 0.4) is 0 Å². The summed E-state index contributed by atoms with van der Waals surface area (Å²) >= 11 is 0.